The van der Waals surface area contributed by atoms with Gasteiger partial charge in [0.1, 0.15) is 18.4 Å². The summed E-state index contributed by atoms with van der Waals surface area (Å²) in [4.78, 5) is 16.2. The molecule has 0 aliphatic carbocycles. The van der Waals surface area contributed by atoms with Gasteiger partial charge in [0, 0.05) is 6.61 Å². The van der Waals surface area contributed by atoms with Crippen molar-refractivity contribution in [3.05, 3.63) is 60.2 Å². The molecule has 0 fully saturated rings. The first-order valence-corrected chi connectivity index (χ1v) is 9.19. The van der Waals surface area contributed by atoms with E-state index in [0.29, 0.717) is 17.9 Å². The van der Waals surface area contributed by atoms with E-state index in [1.165, 1.54) is 30.5 Å². The largest absolute Gasteiger partial charge is 0.495 e. The zero-order valence-corrected chi connectivity index (χ0v) is 16.5. The Hall–Kier alpha value is -3.60. The Balaban J connectivity index is 1.77. The van der Waals surface area contributed by atoms with Crippen LogP contribution in [0.1, 0.15) is 11.1 Å². The van der Waals surface area contributed by atoms with Crippen LogP contribution in [0.3, 0.4) is 0 Å². The molecular weight excluding hydrogens is 415 g/mol. The fourth-order valence-corrected chi connectivity index (χ4v) is 2.88. The monoisotopic (exact) mass is 435 g/mol. The van der Waals surface area contributed by atoms with Crippen molar-refractivity contribution in [2.24, 2.45) is 0 Å². The van der Waals surface area contributed by atoms with Gasteiger partial charge < -0.3 is 20.5 Å². The summed E-state index contributed by atoms with van der Waals surface area (Å²) >= 11 is 0. The molecule has 1 aromatic heterocycles. The van der Waals surface area contributed by atoms with Crippen LogP contribution in [0.25, 0.3) is 5.69 Å². The number of aromatic nitrogens is 3. The summed E-state index contributed by atoms with van der Waals surface area (Å²) in [5.74, 6) is -0.0942. The van der Waals surface area contributed by atoms with Crippen LogP contribution in [0, 0.1) is 0 Å². The van der Waals surface area contributed by atoms with Crippen LogP contribution in [-0.4, -0.2) is 46.0 Å². The van der Waals surface area contributed by atoms with Gasteiger partial charge in [-0.2, -0.15) is 18.3 Å². The Labute approximate surface area is 175 Å². The van der Waals surface area contributed by atoms with Crippen molar-refractivity contribution in [1.82, 2.24) is 14.8 Å². The lowest BCUT2D eigenvalue weighted by molar-refractivity contribution is -0.137. The molecule has 0 atom stereocenters. The number of nitrogens with one attached hydrogen (secondary N) is 2. The maximum absolute atomic E-state index is 13.1. The lowest BCUT2D eigenvalue weighted by Gasteiger charge is -2.16. The molecular formula is C20H20F3N5O3. The summed E-state index contributed by atoms with van der Waals surface area (Å²) in [7, 11) is 1.47. The van der Waals surface area contributed by atoms with E-state index in [4.69, 9.17) is 9.84 Å². The van der Waals surface area contributed by atoms with E-state index >= 15 is 0 Å². The van der Waals surface area contributed by atoms with Crippen LogP contribution < -0.4 is 15.4 Å². The number of carbonyl (C=O) groups is 1. The van der Waals surface area contributed by atoms with E-state index in [9.17, 15) is 18.0 Å². The van der Waals surface area contributed by atoms with Crippen LogP contribution in [0.15, 0.2) is 49.1 Å². The topological polar surface area (TPSA) is 101 Å². The van der Waals surface area contributed by atoms with Crippen molar-refractivity contribution in [2.75, 3.05) is 30.9 Å². The first kappa shape index (κ1) is 22.1. The number of ether oxygens (including phenoxy) is 1. The van der Waals surface area contributed by atoms with Crippen LogP contribution in [0.4, 0.5) is 24.5 Å². The van der Waals surface area contributed by atoms with Crippen molar-refractivity contribution >= 4 is 17.3 Å². The zero-order chi connectivity index (χ0) is 22.4. The normalized spacial score (nSPS) is 11.3. The predicted molar refractivity (Wildman–Crippen MR) is 107 cm³/mol. The second-order valence-corrected chi connectivity index (χ2v) is 6.48. The Morgan fingerprint density at radius 1 is 1.19 bits per heavy atom. The molecule has 0 aliphatic rings. The third-order valence-electron chi connectivity index (χ3n) is 4.37. The van der Waals surface area contributed by atoms with Crippen molar-refractivity contribution < 1.29 is 27.8 Å². The standard InChI is InChI=1S/C20H20F3N5O3/c1-31-18-8-13(6-7-29)2-4-15(18)25-10-19(30)27-16-9-14(20(21,22)23)3-5-17(16)28-12-24-11-26-28/h2-5,8-9,11-12,25,29H,6-7,10H2,1H3,(H,27,30). The highest BCUT2D eigenvalue weighted by Crippen LogP contribution is 2.33. The number of amides is 1. The average Bonchev–Trinajstić information content (AvgIpc) is 3.27. The maximum atomic E-state index is 13.1. The van der Waals surface area contributed by atoms with Gasteiger partial charge in [-0.1, -0.05) is 6.07 Å². The lowest BCUT2D eigenvalue weighted by Crippen LogP contribution is -2.23. The molecule has 3 N–H and O–H groups in total. The third-order valence-corrected chi connectivity index (χ3v) is 4.37. The highest BCUT2D eigenvalue weighted by Gasteiger charge is 2.31. The Morgan fingerprint density at radius 3 is 2.65 bits per heavy atom. The first-order valence-electron chi connectivity index (χ1n) is 9.19. The third kappa shape index (κ3) is 5.51. The molecule has 1 heterocycles. The molecule has 31 heavy (non-hydrogen) atoms. The average molecular weight is 435 g/mol. The molecule has 164 valence electrons. The van der Waals surface area contributed by atoms with E-state index in [2.05, 4.69) is 20.7 Å². The summed E-state index contributed by atoms with van der Waals surface area (Å²) < 4.78 is 45.9. The highest BCUT2D eigenvalue weighted by molar-refractivity contribution is 5.95. The van der Waals surface area contributed by atoms with Crippen molar-refractivity contribution in [2.45, 2.75) is 12.6 Å². The number of nitrogens with zero attached hydrogens (tertiary/aromatic N) is 3. The van der Waals surface area contributed by atoms with Gasteiger partial charge in [-0.15, -0.1) is 0 Å². The molecule has 0 bridgehead atoms. The van der Waals surface area contributed by atoms with E-state index in [1.54, 1.807) is 18.2 Å². The maximum Gasteiger partial charge on any atom is 0.416 e. The van der Waals surface area contributed by atoms with E-state index in [0.717, 1.165) is 17.7 Å². The molecule has 2 aromatic carbocycles. The van der Waals surface area contributed by atoms with Crippen molar-refractivity contribution in [3.63, 3.8) is 0 Å². The molecule has 3 aromatic rings. The van der Waals surface area contributed by atoms with Gasteiger partial charge in [-0.3, -0.25) is 4.79 Å². The van der Waals surface area contributed by atoms with E-state index in [-0.39, 0.29) is 24.5 Å². The lowest BCUT2D eigenvalue weighted by atomic mass is 10.1. The van der Waals surface area contributed by atoms with E-state index < -0.39 is 17.6 Å². The molecule has 0 unspecified atom stereocenters. The Kier molecular flexibility index (Phi) is 6.75. The smallest absolute Gasteiger partial charge is 0.416 e. The van der Waals surface area contributed by atoms with Gasteiger partial charge in [0.15, 0.2) is 0 Å². The molecule has 8 nitrogen and oxygen atoms in total. The van der Waals surface area contributed by atoms with Gasteiger partial charge in [-0.05, 0) is 42.3 Å². The van der Waals surface area contributed by atoms with Crippen LogP contribution in [0.2, 0.25) is 0 Å². The first-order chi connectivity index (χ1) is 14.8. The van der Waals surface area contributed by atoms with Gasteiger partial charge >= 0.3 is 6.18 Å². The molecule has 0 aliphatic heterocycles. The number of aliphatic hydroxyl groups is 1. The van der Waals surface area contributed by atoms with Gasteiger partial charge in [0.2, 0.25) is 5.91 Å². The van der Waals surface area contributed by atoms with Gasteiger partial charge in [0.05, 0.1) is 36.3 Å². The molecule has 0 radical (unpaired) electrons. The number of halogens is 3. The minimum atomic E-state index is -4.57. The number of alkyl halides is 3. The molecule has 3 rings (SSSR count). The Morgan fingerprint density at radius 2 is 2.00 bits per heavy atom. The van der Waals surface area contributed by atoms with Crippen LogP contribution in [0.5, 0.6) is 5.75 Å². The SMILES string of the molecule is COc1cc(CCO)ccc1NCC(=O)Nc1cc(C(F)(F)F)ccc1-n1cncn1. The minimum Gasteiger partial charge on any atom is -0.495 e. The summed E-state index contributed by atoms with van der Waals surface area (Å²) in [6, 6.07) is 8.16. The molecule has 0 saturated heterocycles. The molecule has 1 amide bonds. The quantitative estimate of drug-likeness (QED) is 0.503. The molecule has 11 heteroatoms. The zero-order valence-electron chi connectivity index (χ0n) is 16.5. The van der Waals surface area contributed by atoms with Crippen molar-refractivity contribution in [3.8, 4) is 11.4 Å². The number of carbonyl (C=O) groups excluding carboxylic acids is 1. The number of aliphatic hydroxyl groups excluding tert-OH is 1. The van der Waals surface area contributed by atoms with Gasteiger partial charge in [-0.25, -0.2) is 9.67 Å². The fraction of sp³-hybridized carbons (Fsp3) is 0.250. The second kappa shape index (κ2) is 9.47. The van der Waals surface area contributed by atoms with Crippen LogP contribution >= 0.6 is 0 Å². The summed E-state index contributed by atoms with van der Waals surface area (Å²) in [6.45, 7) is -0.230. The number of benzene rings is 2. The summed E-state index contributed by atoms with van der Waals surface area (Å²) in [6.07, 6.45) is -1.56. The number of anilines is 2. The van der Waals surface area contributed by atoms with E-state index in [1.807, 2.05) is 0 Å². The number of rotatable bonds is 8. The van der Waals surface area contributed by atoms with Crippen molar-refractivity contribution in [1.29, 1.82) is 0 Å². The van der Waals surface area contributed by atoms with Crippen LogP contribution in [-0.2, 0) is 17.4 Å². The fourth-order valence-electron chi connectivity index (χ4n) is 2.88. The number of hydrogen-bond acceptors (Lipinski definition) is 6. The Bertz CT molecular complexity index is 1040. The summed E-state index contributed by atoms with van der Waals surface area (Å²) in [5, 5.41) is 18.3. The van der Waals surface area contributed by atoms with Gasteiger partial charge in [0.25, 0.3) is 0 Å². The molecule has 0 saturated carbocycles. The summed E-state index contributed by atoms with van der Waals surface area (Å²) in [5.41, 5.74) is 0.665. The molecule has 0 spiro atoms. The highest BCUT2D eigenvalue weighted by atomic mass is 19.4. The second-order valence-electron chi connectivity index (χ2n) is 6.48. The number of methoxy groups -OCH3 is 1. The predicted octanol–water partition coefficient (Wildman–Crippen LogP) is 2.88. The number of hydrogen-bond donors (Lipinski definition) is 3. The minimum absolute atomic E-state index is 0.0105.